The second-order valence-electron chi connectivity index (χ2n) is 4.55. The Morgan fingerprint density at radius 3 is 2.61 bits per heavy atom. The first-order chi connectivity index (χ1) is 11.0. The van der Waals surface area contributed by atoms with Gasteiger partial charge < -0.3 is 9.47 Å². The minimum absolute atomic E-state index is 0.242. The van der Waals surface area contributed by atoms with Crippen molar-refractivity contribution >= 4 is 39.1 Å². The van der Waals surface area contributed by atoms with Crippen LogP contribution in [0.4, 0.5) is 0 Å². The highest BCUT2D eigenvalue weighted by Gasteiger charge is 2.11. The number of benzene rings is 1. The molecule has 8 heteroatoms. The molecule has 2 rings (SSSR count). The van der Waals surface area contributed by atoms with Crippen LogP contribution in [0.3, 0.4) is 0 Å². The lowest BCUT2D eigenvalue weighted by Gasteiger charge is -2.11. The predicted octanol–water partition coefficient (Wildman–Crippen LogP) is 2.67. The number of carbonyl (C=O) groups excluding carboxylic acids is 2. The highest BCUT2D eigenvalue weighted by atomic mass is 79.9. The summed E-state index contributed by atoms with van der Waals surface area (Å²) < 4.78 is 11.4. The third-order valence-corrected chi connectivity index (χ3v) is 4.41. The van der Waals surface area contributed by atoms with Gasteiger partial charge in [-0.15, -0.1) is 11.3 Å². The van der Waals surface area contributed by atoms with E-state index < -0.39 is 5.91 Å². The predicted molar refractivity (Wildman–Crippen MR) is 90.9 cm³/mol. The van der Waals surface area contributed by atoms with Crippen LogP contribution in [0.2, 0.25) is 0 Å². The molecule has 122 valence electrons. The normalized spacial score (nSPS) is 10.0. The highest BCUT2D eigenvalue weighted by Crippen LogP contribution is 2.27. The summed E-state index contributed by atoms with van der Waals surface area (Å²) in [6.07, 6.45) is 0. The molecule has 23 heavy (non-hydrogen) atoms. The van der Waals surface area contributed by atoms with Crippen LogP contribution in [-0.2, 0) is 4.79 Å². The van der Waals surface area contributed by atoms with Crippen molar-refractivity contribution in [3.63, 3.8) is 0 Å². The number of methoxy groups -OCH3 is 1. The van der Waals surface area contributed by atoms with Crippen molar-refractivity contribution < 1.29 is 19.1 Å². The molecule has 0 fully saturated rings. The maximum atomic E-state index is 11.8. The SMILES string of the molecule is COc1cc(C)ccc1OCC(=O)NNC(=O)c1ccc(Br)s1. The molecular weight excluding hydrogens is 384 g/mol. The van der Waals surface area contributed by atoms with Crippen LogP contribution in [0.1, 0.15) is 15.2 Å². The Bertz CT molecular complexity index is 717. The summed E-state index contributed by atoms with van der Waals surface area (Å²) in [5, 5.41) is 0. The number of thiophene rings is 1. The van der Waals surface area contributed by atoms with Crippen LogP contribution in [-0.4, -0.2) is 25.5 Å². The van der Waals surface area contributed by atoms with Gasteiger partial charge in [0.1, 0.15) is 0 Å². The second kappa shape index (κ2) is 7.98. The number of hydrazine groups is 1. The molecule has 0 aliphatic carbocycles. The van der Waals surface area contributed by atoms with E-state index in [4.69, 9.17) is 9.47 Å². The fourth-order valence-corrected chi connectivity index (χ4v) is 2.98. The summed E-state index contributed by atoms with van der Waals surface area (Å²) >= 11 is 4.54. The van der Waals surface area contributed by atoms with E-state index in [0.717, 1.165) is 9.35 Å². The van der Waals surface area contributed by atoms with Gasteiger partial charge in [0.25, 0.3) is 11.8 Å². The van der Waals surface area contributed by atoms with Crippen molar-refractivity contribution in [1.29, 1.82) is 0 Å². The number of aryl methyl sites for hydroxylation is 1. The number of hydrogen-bond acceptors (Lipinski definition) is 5. The first-order valence-corrected chi connectivity index (χ1v) is 8.22. The fourth-order valence-electron chi connectivity index (χ4n) is 1.70. The van der Waals surface area contributed by atoms with E-state index in [2.05, 4.69) is 26.8 Å². The highest BCUT2D eigenvalue weighted by molar-refractivity contribution is 9.11. The molecule has 0 bridgehead atoms. The Balaban J connectivity index is 1.82. The van der Waals surface area contributed by atoms with Gasteiger partial charge in [0.2, 0.25) is 0 Å². The van der Waals surface area contributed by atoms with Crippen LogP contribution in [0, 0.1) is 6.92 Å². The lowest BCUT2D eigenvalue weighted by molar-refractivity contribution is -0.123. The Morgan fingerprint density at radius 1 is 1.17 bits per heavy atom. The van der Waals surface area contributed by atoms with Crippen molar-refractivity contribution in [2.75, 3.05) is 13.7 Å². The van der Waals surface area contributed by atoms with Crippen LogP contribution >= 0.6 is 27.3 Å². The zero-order chi connectivity index (χ0) is 16.8. The Labute approximate surface area is 145 Å². The molecule has 1 aromatic carbocycles. The van der Waals surface area contributed by atoms with Crippen LogP contribution in [0.5, 0.6) is 11.5 Å². The van der Waals surface area contributed by atoms with Crippen LogP contribution in [0.15, 0.2) is 34.1 Å². The number of ether oxygens (including phenoxy) is 2. The number of halogens is 1. The largest absolute Gasteiger partial charge is 0.493 e. The molecule has 0 radical (unpaired) electrons. The standard InChI is InChI=1S/C15H15BrN2O4S/c1-9-3-4-10(11(7-9)21-2)22-8-14(19)17-18-15(20)12-5-6-13(16)23-12/h3-7H,8H2,1-2H3,(H,17,19)(H,18,20). The van der Waals surface area contributed by atoms with E-state index in [1.807, 2.05) is 19.1 Å². The van der Waals surface area contributed by atoms with Crippen molar-refractivity contribution in [2.24, 2.45) is 0 Å². The summed E-state index contributed by atoms with van der Waals surface area (Å²) in [5.74, 6) is 0.144. The molecule has 0 aliphatic rings. The average Bonchev–Trinajstić information content (AvgIpc) is 2.97. The smallest absolute Gasteiger partial charge is 0.279 e. The van der Waals surface area contributed by atoms with Gasteiger partial charge in [0, 0.05) is 0 Å². The van der Waals surface area contributed by atoms with Gasteiger partial charge in [-0.2, -0.15) is 0 Å². The molecule has 0 aliphatic heterocycles. The summed E-state index contributed by atoms with van der Waals surface area (Å²) in [6.45, 7) is 1.69. The average molecular weight is 399 g/mol. The molecule has 0 saturated carbocycles. The summed E-state index contributed by atoms with van der Waals surface area (Å²) in [4.78, 5) is 24.0. The molecule has 0 saturated heterocycles. The molecule has 1 aromatic heterocycles. The van der Waals surface area contributed by atoms with Gasteiger partial charge in [0.15, 0.2) is 18.1 Å². The molecular formula is C15H15BrN2O4S. The first kappa shape index (κ1) is 17.3. The van der Waals surface area contributed by atoms with E-state index in [1.54, 1.807) is 18.2 Å². The van der Waals surface area contributed by atoms with E-state index in [9.17, 15) is 9.59 Å². The van der Waals surface area contributed by atoms with Gasteiger partial charge in [-0.1, -0.05) is 6.07 Å². The van der Waals surface area contributed by atoms with Gasteiger partial charge in [-0.05, 0) is 52.7 Å². The zero-order valence-corrected chi connectivity index (χ0v) is 14.9. The van der Waals surface area contributed by atoms with Gasteiger partial charge in [0.05, 0.1) is 15.8 Å². The maximum Gasteiger partial charge on any atom is 0.279 e. The molecule has 2 aromatic rings. The number of amides is 2. The van der Waals surface area contributed by atoms with Crippen molar-refractivity contribution in [3.05, 3.63) is 44.6 Å². The lowest BCUT2D eigenvalue weighted by atomic mass is 10.2. The molecule has 6 nitrogen and oxygen atoms in total. The summed E-state index contributed by atoms with van der Waals surface area (Å²) in [5.41, 5.74) is 5.64. The number of rotatable bonds is 5. The zero-order valence-electron chi connectivity index (χ0n) is 12.5. The minimum atomic E-state index is -0.475. The van der Waals surface area contributed by atoms with E-state index in [-0.39, 0.29) is 12.5 Å². The molecule has 1 heterocycles. The quantitative estimate of drug-likeness (QED) is 0.759. The first-order valence-electron chi connectivity index (χ1n) is 6.61. The van der Waals surface area contributed by atoms with Gasteiger partial charge in [-0.3, -0.25) is 20.4 Å². The fraction of sp³-hybridized carbons (Fsp3) is 0.200. The van der Waals surface area contributed by atoms with E-state index in [1.165, 1.54) is 18.4 Å². The Kier molecular flexibility index (Phi) is 6.00. The topological polar surface area (TPSA) is 76.7 Å². The lowest BCUT2D eigenvalue weighted by Crippen LogP contribution is -2.43. The molecule has 0 unspecified atom stereocenters. The van der Waals surface area contributed by atoms with Gasteiger partial charge >= 0.3 is 0 Å². The Morgan fingerprint density at radius 2 is 1.96 bits per heavy atom. The van der Waals surface area contributed by atoms with Crippen molar-refractivity contribution in [2.45, 2.75) is 6.92 Å². The number of carbonyl (C=O) groups is 2. The molecule has 2 amide bonds. The molecule has 0 spiro atoms. The van der Waals surface area contributed by atoms with Gasteiger partial charge in [-0.25, -0.2) is 0 Å². The molecule has 0 atom stereocenters. The number of nitrogens with one attached hydrogen (secondary N) is 2. The third-order valence-electron chi connectivity index (χ3n) is 2.79. The van der Waals surface area contributed by atoms with E-state index >= 15 is 0 Å². The van der Waals surface area contributed by atoms with Crippen LogP contribution in [0.25, 0.3) is 0 Å². The Hall–Kier alpha value is -2.06. The maximum absolute atomic E-state index is 11.8. The third kappa shape index (κ3) is 4.97. The van der Waals surface area contributed by atoms with Crippen molar-refractivity contribution in [3.8, 4) is 11.5 Å². The summed E-state index contributed by atoms with van der Waals surface area (Å²) in [6, 6.07) is 8.80. The second-order valence-corrected chi connectivity index (χ2v) is 7.01. The van der Waals surface area contributed by atoms with Crippen LogP contribution < -0.4 is 20.3 Å². The molecule has 2 N–H and O–H groups in total. The minimum Gasteiger partial charge on any atom is -0.493 e. The monoisotopic (exact) mass is 398 g/mol. The number of hydrogen-bond donors (Lipinski definition) is 2. The summed E-state index contributed by atoms with van der Waals surface area (Å²) in [7, 11) is 1.53. The van der Waals surface area contributed by atoms with Crippen molar-refractivity contribution in [1.82, 2.24) is 10.9 Å². The van der Waals surface area contributed by atoms with E-state index in [0.29, 0.717) is 16.4 Å².